The van der Waals surface area contributed by atoms with Crippen LogP contribution in [0, 0.1) is 19.7 Å². The minimum Gasteiger partial charge on any atom is -0.322 e. The second-order valence-corrected chi connectivity index (χ2v) is 6.75. The van der Waals surface area contributed by atoms with Crippen LogP contribution in [0.5, 0.6) is 0 Å². The Hall–Kier alpha value is -3.80. The molecule has 0 aliphatic carbocycles. The summed E-state index contributed by atoms with van der Waals surface area (Å²) in [5.74, 6) is -0.813. The number of hydrogen-bond donors (Lipinski definition) is 1. The van der Waals surface area contributed by atoms with E-state index >= 15 is 0 Å². The van der Waals surface area contributed by atoms with Crippen molar-refractivity contribution in [3.05, 3.63) is 89.6 Å². The van der Waals surface area contributed by atoms with E-state index in [0.717, 1.165) is 27.9 Å². The molecule has 29 heavy (non-hydrogen) atoms. The topological polar surface area (TPSA) is 59.8 Å². The molecule has 0 bridgehead atoms. The van der Waals surface area contributed by atoms with Crippen LogP contribution in [0.15, 0.2) is 66.9 Å². The number of nitrogens with one attached hydrogen (secondary N) is 1. The van der Waals surface area contributed by atoms with Gasteiger partial charge >= 0.3 is 0 Å². The first kappa shape index (κ1) is 18.6. The lowest BCUT2D eigenvalue weighted by Crippen LogP contribution is -2.09. The molecule has 1 N–H and O–H groups in total. The van der Waals surface area contributed by atoms with E-state index in [-0.39, 0.29) is 5.91 Å². The predicted molar refractivity (Wildman–Crippen MR) is 112 cm³/mol. The van der Waals surface area contributed by atoms with Gasteiger partial charge in [-0.25, -0.2) is 9.07 Å². The summed E-state index contributed by atoms with van der Waals surface area (Å²) in [6.45, 7) is 3.72. The van der Waals surface area contributed by atoms with Gasteiger partial charge in [-0.2, -0.15) is 5.10 Å². The largest absolute Gasteiger partial charge is 0.322 e. The second-order valence-electron chi connectivity index (χ2n) is 6.75. The number of nitrogens with zero attached hydrogens (tertiary/aromatic N) is 3. The standard InChI is InChI=1S/C23H19FN4O/c1-15-13-16(2)28(27-15)21-10-9-19(14-20(21)24)26-22(29)11-8-18-6-3-5-17-7-4-12-25-23(17)18/h3-14H,1-2H3,(H,26,29). The van der Waals surface area contributed by atoms with Gasteiger partial charge < -0.3 is 5.32 Å². The molecule has 2 heterocycles. The van der Waals surface area contributed by atoms with Crippen LogP contribution in [0.25, 0.3) is 22.7 Å². The molecule has 144 valence electrons. The highest BCUT2D eigenvalue weighted by atomic mass is 19.1. The lowest BCUT2D eigenvalue weighted by atomic mass is 10.1. The van der Waals surface area contributed by atoms with E-state index in [0.29, 0.717) is 11.4 Å². The number of fused-ring (bicyclic) bond motifs is 1. The number of rotatable bonds is 4. The van der Waals surface area contributed by atoms with Gasteiger partial charge in [0, 0.05) is 34.6 Å². The van der Waals surface area contributed by atoms with Crippen molar-refractivity contribution in [1.29, 1.82) is 0 Å². The first-order valence-electron chi connectivity index (χ1n) is 9.17. The number of amides is 1. The van der Waals surface area contributed by atoms with Gasteiger partial charge in [-0.05, 0) is 50.3 Å². The average Bonchev–Trinajstić information content (AvgIpc) is 3.04. The summed E-state index contributed by atoms with van der Waals surface area (Å²) in [6, 6.07) is 16.0. The van der Waals surface area contributed by atoms with Gasteiger partial charge in [0.2, 0.25) is 5.91 Å². The van der Waals surface area contributed by atoms with Crippen LogP contribution < -0.4 is 5.32 Å². The molecule has 0 saturated heterocycles. The number of pyridine rings is 1. The average molecular weight is 386 g/mol. The summed E-state index contributed by atoms with van der Waals surface area (Å²) in [7, 11) is 0. The zero-order valence-corrected chi connectivity index (χ0v) is 16.1. The molecule has 6 heteroatoms. The van der Waals surface area contributed by atoms with Gasteiger partial charge in [0.15, 0.2) is 5.82 Å². The Labute approximate surface area is 167 Å². The van der Waals surface area contributed by atoms with Crippen LogP contribution >= 0.6 is 0 Å². The number of hydrogen-bond acceptors (Lipinski definition) is 3. The van der Waals surface area contributed by atoms with Gasteiger partial charge in [0.25, 0.3) is 0 Å². The van der Waals surface area contributed by atoms with Crippen LogP contribution in [0.1, 0.15) is 17.0 Å². The fourth-order valence-corrected chi connectivity index (χ4v) is 3.24. The Bertz CT molecular complexity index is 1240. The normalized spacial score (nSPS) is 11.3. The van der Waals surface area contributed by atoms with Crippen molar-refractivity contribution in [3.63, 3.8) is 0 Å². The van der Waals surface area contributed by atoms with Crippen LogP contribution in [0.4, 0.5) is 10.1 Å². The van der Waals surface area contributed by atoms with Crippen molar-refractivity contribution in [2.75, 3.05) is 5.32 Å². The molecule has 0 unspecified atom stereocenters. The van der Waals surface area contributed by atoms with E-state index in [9.17, 15) is 9.18 Å². The maximum atomic E-state index is 14.6. The summed E-state index contributed by atoms with van der Waals surface area (Å²) in [4.78, 5) is 16.6. The molecule has 5 nitrogen and oxygen atoms in total. The highest BCUT2D eigenvalue weighted by molar-refractivity contribution is 6.03. The maximum Gasteiger partial charge on any atom is 0.248 e. The Kier molecular flexibility index (Phi) is 4.91. The predicted octanol–water partition coefficient (Wildman–Crippen LogP) is 4.83. The molecular weight excluding hydrogens is 367 g/mol. The van der Waals surface area contributed by atoms with Crippen molar-refractivity contribution < 1.29 is 9.18 Å². The summed E-state index contributed by atoms with van der Waals surface area (Å²) < 4.78 is 16.1. The van der Waals surface area contributed by atoms with Crippen molar-refractivity contribution in [1.82, 2.24) is 14.8 Å². The summed E-state index contributed by atoms with van der Waals surface area (Å²) in [5, 5.41) is 7.97. The molecular formula is C23H19FN4O. The second kappa shape index (κ2) is 7.67. The number of carbonyl (C=O) groups is 1. The fourth-order valence-electron chi connectivity index (χ4n) is 3.24. The number of aromatic nitrogens is 3. The van der Waals surface area contributed by atoms with Crippen LogP contribution in [0.2, 0.25) is 0 Å². The number of anilines is 1. The minimum absolute atomic E-state index is 0.339. The SMILES string of the molecule is Cc1cc(C)n(-c2ccc(NC(=O)C=Cc3cccc4cccnc34)cc2F)n1. The third-order valence-electron chi connectivity index (χ3n) is 4.53. The van der Waals surface area contributed by atoms with E-state index < -0.39 is 5.82 Å². The molecule has 0 saturated carbocycles. The molecule has 0 atom stereocenters. The summed E-state index contributed by atoms with van der Waals surface area (Å²) in [6.07, 6.45) is 4.83. The number of para-hydroxylation sites is 1. The zero-order chi connectivity index (χ0) is 20.4. The third kappa shape index (κ3) is 3.91. The van der Waals surface area contributed by atoms with Crippen molar-refractivity contribution in [2.45, 2.75) is 13.8 Å². The first-order valence-corrected chi connectivity index (χ1v) is 9.17. The fraction of sp³-hybridized carbons (Fsp3) is 0.0870. The highest BCUT2D eigenvalue weighted by Gasteiger charge is 2.10. The Morgan fingerprint density at radius 1 is 1.10 bits per heavy atom. The third-order valence-corrected chi connectivity index (χ3v) is 4.53. The van der Waals surface area contributed by atoms with E-state index in [1.54, 1.807) is 29.1 Å². The smallest absolute Gasteiger partial charge is 0.248 e. The molecule has 0 spiro atoms. The molecule has 4 rings (SSSR count). The van der Waals surface area contributed by atoms with Crippen LogP contribution in [-0.4, -0.2) is 20.7 Å². The number of benzene rings is 2. The van der Waals surface area contributed by atoms with E-state index in [1.165, 1.54) is 12.1 Å². The molecule has 0 radical (unpaired) electrons. The van der Waals surface area contributed by atoms with Crippen LogP contribution in [0.3, 0.4) is 0 Å². The van der Waals surface area contributed by atoms with Crippen molar-refractivity contribution in [2.24, 2.45) is 0 Å². The quantitative estimate of drug-likeness (QED) is 0.511. The van der Waals surface area contributed by atoms with Gasteiger partial charge in [-0.1, -0.05) is 24.3 Å². The summed E-state index contributed by atoms with van der Waals surface area (Å²) in [5.41, 5.74) is 4.02. The molecule has 0 aliphatic heterocycles. The Balaban J connectivity index is 1.52. The van der Waals surface area contributed by atoms with Gasteiger partial charge in [-0.15, -0.1) is 0 Å². The highest BCUT2D eigenvalue weighted by Crippen LogP contribution is 2.20. The maximum absolute atomic E-state index is 14.6. The summed E-state index contributed by atoms with van der Waals surface area (Å²) >= 11 is 0. The van der Waals surface area contributed by atoms with E-state index in [4.69, 9.17) is 0 Å². The Morgan fingerprint density at radius 3 is 2.69 bits per heavy atom. The van der Waals surface area contributed by atoms with Gasteiger partial charge in [0.1, 0.15) is 5.69 Å². The molecule has 2 aromatic heterocycles. The van der Waals surface area contributed by atoms with Crippen molar-refractivity contribution in [3.8, 4) is 5.69 Å². The molecule has 1 amide bonds. The lowest BCUT2D eigenvalue weighted by molar-refractivity contribution is -0.111. The lowest BCUT2D eigenvalue weighted by Gasteiger charge is -2.08. The zero-order valence-electron chi connectivity index (χ0n) is 16.1. The molecule has 2 aromatic carbocycles. The first-order chi connectivity index (χ1) is 14.0. The van der Waals surface area contributed by atoms with E-state index in [2.05, 4.69) is 15.4 Å². The van der Waals surface area contributed by atoms with Gasteiger partial charge in [0.05, 0.1) is 11.2 Å². The van der Waals surface area contributed by atoms with E-state index in [1.807, 2.05) is 50.2 Å². The van der Waals surface area contributed by atoms with Crippen LogP contribution in [-0.2, 0) is 4.79 Å². The monoisotopic (exact) mass is 386 g/mol. The van der Waals surface area contributed by atoms with Crippen molar-refractivity contribution >= 4 is 28.6 Å². The van der Waals surface area contributed by atoms with Gasteiger partial charge in [-0.3, -0.25) is 9.78 Å². The number of carbonyl (C=O) groups excluding carboxylic acids is 1. The molecule has 0 fully saturated rings. The molecule has 4 aromatic rings. The minimum atomic E-state index is -0.462. The molecule has 0 aliphatic rings. The Morgan fingerprint density at radius 2 is 1.93 bits per heavy atom. The number of halogens is 1. The number of aryl methyl sites for hydroxylation is 2.